The average Bonchev–Trinajstić information content (AvgIpc) is 2.14. The lowest BCUT2D eigenvalue weighted by Crippen LogP contribution is -1.99. The van der Waals surface area contributed by atoms with Crippen LogP contribution in [0.2, 0.25) is 0 Å². The Kier molecular flexibility index (Phi) is 3.39. The van der Waals surface area contributed by atoms with E-state index in [9.17, 15) is 4.57 Å². The molecule has 6 heteroatoms. The number of rotatable bonds is 3. The van der Waals surface area contributed by atoms with Gasteiger partial charge >= 0.3 is 7.82 Å². The number of phosphoric acid groups is 1. The first-order valence-electron chi connectivity index (χ1n) is 3.71. The fraction of sp³-hybridized carbons (Fsp3) is 0.125. The van der Waals surface area contributed by atoms with Crippen LogP contribution in [0.15, 0.2) is 30.3 Å². The maximum atomic E-state index is 10.5. The molecule has 0 radical (unpaired) electrons. The summed E-state index contributed by atoms with van der Waals surface area (Å²) in [6.07, 6.45) is -1.24. The highest BCUT2D eigenvalue weighted by Gasteiger charge is 2.22. The second-order valence-electron chi connectivity index (χ2n) is 2.52. The standard InChI is InChI=1S/C8H8NO4P/c9-6-8(13-14(10,11)12)7-4-2-1-3-5-7/h1-5,8H,(H2,10,11,12). The van der Waals surface area contributed by atoms with Crippen LogP contribution in [0.3, 0.4) is 0 Å². The molecule has 1 aromatic rings. The van der Waals surface area contributed by atoms with Crippen molar-refractivity contribution in [3.8, 4) is 6.07 Å². The molecule has 1 rings (SSSR count). The summed E-state index contributed by atoms with van der Waals surface area (Å²) in [5, 5.41) is 8.62. The first-order chi connectivity index (χ1) is 6.53. The van der Waals surface area contributed by atoms with Gasteiger partial charge in [-0.05, 0) is 5.56 Å². The van der Waals surface area contributed by atoms with Gasteiger partial charge in [-0.3, -0.25) is 4.52 Å². The molecule has 0 bridgehead atoms. The van der Waals surface area contributed by atoms with Crippen LogP contribution in [-0.2, 0) is 9.09 Å². The minimum Gasteiger partial charge on any atom is -0.303 e. The van der Waals surface area contributed by atoms with E-state index in [1.807, 2.05) is 0 Å². The third kappa shape index (κ3) is 3.29. The van der Waals surface area contributed by atoms with Crippen molar-refractivity contribution in [3.63, 3.8) is 0 Å². The fourth-order valence-electron chi connectivity index (χ4n) is 0.924. The Bertz CT molecular complexity index is 380. The van der Waals surface area contributed by atoms with Gasteiger partial charge in [-0.15, -0.1) is 0 Å². The van der Waals surface area contributed by atoms with Crippen LogP contribution in [-0.4, -0.2) is 9.79 Å². The smallest absolute Gasteiger partial charge is 0.303 e. The highest BCUT2D eigenvalue weighted by molar-refractivity contribution is 7.46. The number of nitrogens with zero attached hydrogens (tertiary/aromatic N) is 1. The van der Waals surface area contributed by atoms with Crippen LogP contribution in [0.1, 0.15) is 11.7 Å². The van der Waals surface area contributed by atoms with Crippen molar-refractivity contribution in [1.82, 2.24) is 0 Å². The van der Waals surface area contributed by atoms with E-state index in [-0.39, 0.29) is 0 Å². The normalized spacial score (nSPS) is 13.2. The Morgan fingerprint density at radius 3 is 2.36 bits per heavy atom. The van der Waals surface area contributed by atoms with E-state index in [0.717, 1.165) is 0 Å². The van der Waals surface area contributed by atoms with Gasteiger partial charge in [-0.1, -0.05) is 30.3 Å². The molecule has 0 spiro atoms. The van der Waals surface area contributed by atoms with Gasteiger partial charge in [0.05, 0.1) is 6.07 Å². The molecule has 14 heavy (non-hydrogen) atoms. The predicted molar refractivity (Wildman–Crippen MR) is 47.9 cm³/mol. The molecule has 5 nitrogen and oxygen atoms in total. The zero-order valence-corrected chi connectivity index (χ0v) is 7.96. The molecule has 0 aliphatic carbocycles. The lowest BCUT2D eigenvalue weighted by Gasteiger charge is -2.10. The van der Waals surface area contributed by atoms with Crippen molar-refractivity contribution in [2.24, 2.45) is 0 Å². The molecule has 1 aromatic carbocycles. The van der Waals surface area contributed by atoms with Gasteiger partial charge in [-0.2, -0.15) is 5.26 Å². The van der Waals surface area contributed by atoms with Gasteiger partial charge in [0.1, 0.15) is 0 Å². The molecular weight excluding hydrogens is 205 g/mol. The molecule has 0 heterocycles. The first-order valence-corrected chi connectivity index (χ1v) is 5.24. The molecule has 0 aliphatic heterocycles. The Hall–Kier alpha value is -1.18. The quantitative estimate of drug-likeness (QED) is 0.739. The third-order valence-electron chi connectivity index (χ3n) is 1.46. The molecule has 0 fully saturated rings. The Balaban J connectivity index is 2.85. The molecule has 2 N–H and O–H groups in total. The zero-order chi connectivity index (χ0) is 10.6. The van der Waals surface area contributed by atoms with Gasteiger partial charge in [0.15, 0.2) is 6.10 Å². The van der Waals surface area contributed by atoms with Crippen molar-refractivity contribution in [3.05, 3.63) is 35.9 Å². The largest absolute Gasteiger partial charge is 0.471 e. The Morgan fingerprint density at radius 2 is 1.93 bits per heavy atom. The maximum Gasteiger partial charge on any atom is 0.471 e. The van der Waals surface area contributed by atoms with Crippen molar-refractivity contribution in [1.29, 1.82) is 5.26 Å². The van der Waals surface area contributed by atoms with Gasteiger partial charge < -0.3 is 9.79 Å². The highest BCUT2D eigenvalue weighted by Crippen LogP contribution is 2.41. The predicted octanol–water partition coefficient (Wildman–Crippen LogP) is 1.36. The van der Waals surface area contributed by atoms with E-state index in [1.165, 1.54) is 0 Å². The Morgan fingerprint density at radius 1 is 1.36 bits per heavy atom. The highest BCUT2D eigenvalue weighted by atomic mass is 31.2. The molecule has 0 aliphatic rings. The molecule has 0 saturated carbocycles. The van der Waals surface area contributed by atoms with Crippen LogP contribution in [0.4, 0.5) is 0 Å². The molecule has 0 aromatic heterocycles. The lowest BCUT2D eigenvalue weighted by molar-refractivity contribution is 0.166. The van der Waals surface area contributed by atoms with E-state index < -0.39 is 13.9 Å². The molecule has 0 amide bonds. The SMILES string of the molecule is N#CC(OP(=O)(O)O)c1ccccc1. The molecule has 74 valence electrons. The number of hydrogen-bond acceptors (Lipinski definition) is 3. The number of benzene rings is 1. The summed E-state index contributed by atoms with van der Waals surface area (Å²) in [5.41, 5.74) is 0.415. The van der Waals surface area contributed by atoms with Gasteiger partial charge in [-0.25, -0.2) is 4.57 Å². The average molecular weight is 213 g/mol. The Labute approximate surface area is 80.8 Å². The summed E-state index contributed by atoms with van der Waals surface area (Å²) in [6.45, 7) is 0. The van der Waals surface area contributed by atoms with Gasteiger partial charge in [0.2, 0.25) is 0 Å². The summed E-state index contributed by atoms with van der Waals surface area (Å²) in [7, 11) is -4.63. The summed E-state index contributed by atoms with van der Waals surface area (Å²) in [6, 6.07) is 9.82. The second-order valence-corrected chi connectivity index (χ2v) is 3.71. The number of nitriles is 1. The van der Waals surface area contributed by atoms with E-state index in [4.69, 9.17) is 15.0 Å². The molecule has 1 unspecified atom stereocenters. The summed E-state index contributed by atoms with van der Waals surface area (Å²) in [4.78, 5) is 17.0. The van der Waals surface area contributed by atoms with Crippen molar-refractivity contribution >= 4 is 7.82 Å². The fourth-order valence-corrected chi connectivity index (χ4v) is 1.37. The topological polar surface area (TPSA) is 90.5 Å². The second kappa shape index (κ2) is 4.36. The van der Waals surface area contributed by atoms with Crippen molar-refractivity contribution in [2.75, 3.05) is 0 Å². The molecular formula is C8H8NO4P. The van der Waals surface area contributed by atoms with Crippen molar-refractivity contribution < 1.29 is 18.9 Å². The van der Waals surface area contributed by atoms with E-state index >= 15 is 0 Å². The van der Waals surface area contributed by atoms with E-state index in [0.29, 0.717) is 5.56 Å². The zero-order valence-electron chi connectivity index (χ0n) is 7.07. The van der Waals surface area contributed by atoms with Crippen LogP contribution in [0, 0.1) is 11.3 Å². The van der Waals surface area contributed by atoms with Crippen LogP contribution >= 0.6 is 7.82 Å². The third-order valence-corrected chi connectivity index (χ3v) is 1.95. The molecule has 0 saturated heterocycles. The molecule has 1 atom stereocenters. The van der Waals surface area contributed by atoms with Crippen LogP contribution < -0.4 is 0 Å². The van der Waals surface area contributed by atoms with Gasteiger partial charge in [0.25, 0.3) is 0 Å². The first kappa shape index (κ1) is 10.9. The van der Waals surface area contributed by atoms with Crippen molar-refractivity contribution in [2.45, 2.75) is 6.10 Å². The summed E-state index contributed by atoms with van der Waals surface area (Å²) >= 11 is 0. The van der Waals surface area contributed by atoms with Gasteiger partial charge in [0, 0.05) is 0 Å². The lowest BCUT2D eigenvalue weighted by atomic mass is 10.1. The summed E-state index contributed by atoms with van der Waals surface area (Å²) in [5.74, 6) is 0. The van der Waals surface area contributed by atoms with Crippen LogP contribution in [0.25, 0.3) is 0 Å². The minimum absolute atomic E-state index is 0.415. The van der Waals surface area contributed by atoms with Crippen LogP contribution in [0.5, 0.6) is 0 Å². The summed E-state index contributed by atoms with van der Waals surface area (Å²) < 4.78 is 14.8. The number of phosphoric ester groups is 1. The minimum atomic E-state index is -4.63. The van der Waals surface area contributed by atoms with E-state index in [2.05, 4.69) is 4.52 Å². The van der Waals surface area contributed by atoms with E-state index in [1.54, 1.807) is 36.4 Å². The number of hydrogen-bond donors (Lipinski definition) is 2. The monoisotopic (exact) mass is 213 g/mol. The maximum absolute atomic E-state index is 10.5.